The highest BCUT2D eigenvalue weighted by molar-refractivity contribution is 9.10. The van der Waals surface area contributed by atoms with Gasteiger partial charge in [0.15, 0.2) is 0 Å². The van der Waals surface area contributed by atoms with Crippen molar-refractivity contribution < 1.29 is 9.20 Å². The highest BCUT2D eigenvalue weighted by Gasteiger charge is 2.24. The van der Waals surface area contributed by atoms with Gasteiger partial charge in [0.25, 0.3) is 0 Å². The Balaban J connectivity index is 2.19. The van der Waals surface area contributed by atoms with Crippen LogP contribution in [0.3, 0.4) is 0 Å². The third-order valence-electron chi connectivity index (χ3n) is 2.78. The number of H-pyrrole nitrogens is 1. The molecule has 2 aromatic carbocycles. The van der Waals surface area contributed by atoms with Crippen LogP contribution in [0.2, 0.25) is 0 Å². The molecule has 1 heterocycles. The van der Waals surface area contributed by atoms with Gasteiger partial charge in [-0.3, -0.25) is 4.52 Å². The van der Waals surface area contributed by atoms with E-state index in [1.54, 1.807) is 4.68 Å². The van der Waals surface area contributed by atoms with Crippen molar-refractivity contribution in [3.63, 3.8) is 0 Å². The molecule has 1 aromatic heterocycles. The van der Waals surface area contributed by atoms with Gasteiger partial charge in [-0.05, 0) is 34.2 Å². The Morgan fingerprint density at radius 1 is 1.00 bits per heavy atom. The van der Waals surface area contributed by atoms with E-state index < -0.39 is 5.63 Å². The van der Waals surface area contributed by atoms with Gasteiger partial charge in [0.1, 0.15) is 0 Å². The molecule has 4 nitrogen and oxygen atoms in total. The molecule has 0 radical (unpaired) electrons. The Labute approximate surface area is 117 Å². The first kappa shape index (κ1) is 11.9. The van der Waals surface area contributed by atoms with Gasteiger partial charge in [0, 0.05) is 16.6 Å². The fourth-order valence-corrected chi connectivity index (χ4v) is 2.15. The molecular weight excluding hydrogens is 308 g/mol. The van der Waals surface area contributed by atoms with Crippen LogP contribution in [0.1, 0.15) is 0 Å². The molecule has 0 atom stereocenters. The van der Waals surface area contributed by atoms with Crippen molar-refractivity contribution in [2.45, 2.75) is 0 Å². The topological polar surface area (TPSA) is 49.9 Å². The van der Waals surface area contributed by atoms with Crippen molar-refractivity contribution in [3.8, 4) is 16.9 Å². The van der Waals surface area contributed by atoms with Gasteiger partial charge >= 0.3 is 11.3 Å². The summed E-state index contributed by atoms with van der Waals surface area (Å²) in [5.74, 6) is 0. The number of hydrogen-bond acceptors (Lipinski definition) is 2. The Morgan fingerprint density at radius 2 is 1.68 bits per heavy atom. The molecular formula is C14H10BrN2O2+. The van der Waals surface area contributed by atoms with E-state index in [1.807, 2.05) is 54.6 Å². The molecule has 0 amide bonds. The molecule has 5 heteroatoms. The molecule has 3 rings (SSSR count). The van der Waals surface area contributed by atoms with Crippen LogP contribution in [-0.2, 0) is 0 Å². The summed E-state index contributed by atoms with van der Waals surface area (Å²) in [6.07, 6.45) is 0. The quantitative estimate of drug-likeness (QED) is 0.739. The van der Waals surface area contributed by atoms with E-state index in [2.05, 4.69) is 21.2 Å². The lowest BCUT2D eigenvalue weighted by molar-refractivity contribution is -0.660. The molecule has 3 aromatic rings. The van der Waals surface area contributed by atoms with Gasteiger partial charge in [0.05, 0.1) is 5.56 Å². The zero-order valence-electron chi connectivity index (χ0n) is 9.84. The molecule has 0 aliphatic rings. The second-order valence-electron chi connectivity index (χ2n) is 4.01. The zero-order valence-corrected chi connectivity index (χ0v) is 11.4. The van der Waals surface area contributed by atoms with E-state index in [0.717, 1.165) is 15.7 Å². The summed E-state index contributed by atoms with van der Waals surface area (Å²) < 4.78 is 7.50. The average molecular weight is 318 g/mol. The predicted molar refractivity (Wildman–Crippen MR) is 74.0 cm³/mol. The first-order chi connectivity index (χ1) is 9.25. The number of rotatable bonds is 2. The lowest BCUT2D eigenvalue weighted by Crippen LogP contribution is -2.35. The van der Waals surface area contributed by atoms with Gasteiger partial charge in [-0.25, -0.2) is 4.79 Å². The number of halogens is 1. The maximum Gasteiger partial charge on any atom is 0.435 e. The van der Waals surface area contributed by atoms with Crippen molar-refractivity contribution in [1.29, 1.82) is 0 Å². The molecule has 0 fully saturated rings. The van der Waals surface area contributed by atoms with Gasteiger partial charge in [0.2, 0.25) is 5.69 Å². The van der Waals surface area contributed by atoms with E-state index >= 15 is 0 Å². The molecule has 19 heavy (non-hydrogen) atoms. The van der Waals surface area contributed by atoms with Crippen molar-refractivity contribution in [3.05, 3.63) is 69.5 Å². The maximum atomic E-state index is 11.9. The van der Waals surface area contributed by atoms with Gasteiger partial charge < -0.3 is 0 Å². The standard InChI is InChI=1S/C14H9BrN2O2/c15-11-8-6-10(7-9-11)13-14(18)19-16-17(13)12-4-2-1-3-5-12/h1-9H/p+1. The van der Waals surface area contributed by atoms with Crippen LogP contribution in [0, 0.1) is 0 Å². The Morgan fingerprint density at radius 3 is 2.37 bits per heavy atom. The van der Waals surface area contributed by atoms with Gasteiger partial charge in [-0.15, -0.1) is 0 Å². The third kappa shape index (κ3) is 2.24. The molecule has 0 saturated heterocycles. The van der Waals surface area contributed by atoms with Crippen molar-refractivity contribution in [2.24, 2.45) is 0 Å². The van der Waals surface area contributed by atoms with E-state index in [1.165, 1.54) is 0 Å². The number of hydrogen-bond donors (Lipinski definition) is 1. The lowest BCUT2D eigenvalue weighted by atomic mass is 10.1. The summed E-state index contributed by atoms with van der Waals surface area (Å²) >= 11 is 3.37. The molecule has 0 bridgehead atoms. The predicted octanol–water partition coefficient (Wildman–Crippen LogP) is 2.67. The number of para-hydroxylation sites is 1. The zero-order chi connectivity index (χ0) is 13.2. The molecule has 0 saturated carbocycles. The maximum absolute atomic E-state index is 11.9. The molecule has 1 N–H and O–H groups in total. The molecule has 0 unspecified atom stereocenters. The van der Waals surface area contributed by atoms with E-state index in [0.29, 0.717) is 5.69 Å². The lowest BCUT2D eigenvalue weighted by Gasteiger charge is -1.95. The first-order valence-electron chi connectivity index (χ1n) is 5.70. The van der Waals surface area contributed by atoms with Gasteiger partial charge in [-0.1, -0.05) is 34.1 Å². The number of nitrogens with zero attached hydrogens (tertiary/aromatic N) is 1. The molecule has 0 aliphatic heterocycles. The Bertz CT molecular complexity index is 745. The first-order valence-corrected chi connectivity index (χ1v) is 6.50. The van der Waals surface area contributed by atoms with Crippen LogP contribution in [0.15, 0.2) is 68.4 Å². The third-order valence-corrected chi connectivity index (χ3v) is 3.31. The SMILES string of the molecule is O=c1o[nH][n+](-c2ccccc2)c1-c1ccc(Br)cc1. The summed E-state index contributed by atoms with van der Waals surface area (Å²) in [5.41, 5.74) is 1.71. The number of aromatic amines is 1. The second kappa shape index (κ2) is 4.85. The molecule has 0 aliphatic carbocycles. The van der Waals surface area contributed by atoms with E-state index in [-0.39, 0.29) is 0 Å². The summed E-state index contributed by atoms with van der Waals surface area (Å²) in [7, 11) is 0. The Hall–Kier alpha value is -2.14. The van der Waals surface area contributed by atoms with Crippen molar-refractivity contribution in [2.75, 3.05) is 0 Å². The minimum Gasteiger partial charge on any atom is -0.282 e. The van der Waals surface area contributed by atoms with Crippen LogP contribution < -0.4 is 10.3 Å². The summed E-state index contributed by atoms with van der Waals surface area (Å²) in [5, 5.41) is 2.62. The fraction of sp³-hybridized carbons (Fsp3) is 0. The smallest absolute Gasteiger partial charge is 0.282 e. The Kier molecular flexibility index (Phi) is 3.05. The summed E-state index contributed by atoms with van der Waals surface area (Å²) in [4.78, 5) is 11.9. The van der Waals surface area contributed by atoms with Gasteiger partial charge in [-0.2, -0.15) is 0 Å². The highest BCUT2D eigenvalue weighted by atomic mass is 79.9. The molecule has 94 valence electrons. The van der Waals surface area contributed by atoms with Crippen LogP contribution in [0.5, 0.6) is 0 Å². The van der Waals surface area contributed by atoms with Crippen LogP contribution >= 0.6 is 15.9 Å². The summed E-state index contributed by atoms with van der Waals surface area (Å²) in [6.45, 7) is 0. The van der Waals surface area contributed by atoms with Crippen LogP contribution in [-0.4, -0.2) is 5.27 Å². The number of benzene rings is 2. The fourth-order valence-electron chi connectivity index (χ4n) is 1.89. The minimum atomic E-state index is -0.397. The normalized spacial score (nSPS) is 10.6. The van der Waals surface area contributed by atoms with Crippen LogP contribution in [0.4, 0.5) is 0 Å². The van der Waals surface area contributed by atoms with E-state index in [9.17, 15) is 4.79 Å². The number of aromatic nitrogens is 2. The second-order valence-corrected chi connectivity index (χ2v) is 4.92. The van der Waals surface area contributed by atoms with Crippen molar-refractivity contribution in [1.82, 2.24) is 5.27 Å². The minimum absolute atomic E-state index is 0.397. The monoisotopic (exact) mass is 317 g/mol. The van der Waals surface area contributed by atoms with Crippen LogP contribution in [0.25, 0.3) is 16.9 Å². The summed E-state index contributed by atoms with van der Waals surface area (Å²) in [6, 6.07) is 17.0. The molecule has 0 spiro atoms. The highest BCUT2D eigenvalue weighted by Crippen LogP contribution is 2.17. The van der Waals surface area contributed by atoms with E-state index in [4.69, 9.17) is 4.52 Å². The number of nitrogens with one attached hydrogen (secondary N) is 1. The van der Waals surface area contributed by atoms with Crippen molar-refractivity contribution >= 4 is 15.9 Å². The largest absolute Gasteiger partial charge is 0.435 e. The average Bonchev–Trinajstić information content (AvgIpc) is 2.83.